The van der Waals surface area contributed by atoms with E-state index in [0.29, 0.717) is 12.5 Å². The number of nitrogens with zero attached hydrogens (tertiary/aromatic N) is 1. The van der Waals surface area contributed by atoms with Gasteiger partial charge in [0.2, 0.25) is 0 Å². The van der Waals surface area contributed by atoms with E-state index in [2.05, 4.69) is 18.5 Å². The summed E-state index contributed by atoms with van der Waals surface area (Å²) in [7, 11) is 0. The maximum absolute atomic E-state index is 5.32. The molecule has 1 atom stereocenters. The topological polar surface area (TPSA) is 38.4 Å². The highest BCUT2D eigenvalue weighted by molar-refractivity contribution is 5.60. The summed E-state index contributed by atoms with van der Waals surface area (Å²) >= 11 is 0. The summed E-state index contributed by atoms with van der Waals surface area (Å²) in [5.74, 6) is 0.454. The number of hydrogen-bond acceptors (Lipinski definition) is 2. The van der Waals surface area contributed by atoms with Crippen LogP contribution < -0.4 is 5.73 Å². The molecule has 0 aromatic heterocycles. The average Bonchev–Trinajstić information content (AvgIpc) is 2.05. The molecule has 0 heterocycles. The summed E-state index contributed by atoms with van der Waals surface area (Å²) in [6.07, 6.45) is 6.97. The molecule has 0 saturated carbocycles. The fourth-order valence-electron chi connectivity index (χ4n) is 1.10. The predicted molar refractivity (Wildman–Crippen MR) is 60.1 cm³/mol. The summed E-state index contributed by atoms with van der Waals surface area (Å²) in [5, 5.41) is 0. The smallest absolute Gasteiger partial charge is 0.0508 e. The summed E-state index contributed by atoms with van der Waals surface area (Å²) in [4.78, 5) is 4.19. The van der Waals surface area contributed by atoms with Gasteiger partial charge in [-0.15, -0.1) is 0 Å². The lowest BCUT2D eigenvalue weighted by atomic mass is 10.0. The second-order valence-corrected chi connectivity index (χ2v) is 3.18. The first-order valence-electron chi connectivity index (χ1n) is 4.71. The first-order valence-corrected chi connectivity index (χ1v) is 4.71. The molecule has 0 aliphatic heterocycles. The molecule has 0 aliphatic rings. The van der Waals surface area contributed by atoms with Gasteiger partial charge in [-0.1, -0.05) is 31.2 Å². The minimum absolute atomic E-state index is 0.454. The summed E-state index contributed by atoms with van der Waals surface area (Å²) in [5.41, 5.74) is 6.47. The summed E-state index contributed by atoms with van der Waals surface area (Å²) in [6, 6.07) is 0. The molecule has 2 heteroatoms. The lowest BCUT2D eigenvalue weighted by Crippen LogP contribution is -2.04. The van der Waals surface area contributed by atoms with Crippen LogP contribution in [0, 0.1) is 5.92 Å². The Labute approximate surface area is 81.2 Å². The molecular formula is C11H20N2. The molecule has 13 heavy (non-hydrogen) atoms. The third-order valence-electron chi connectivity index (χ3n) is 1.60. The molecule has 2 nitrogen and oxygen atoms in total. The average molecular weight is 180 g/mol. The van der Waals surface area contributed by atoms with Gasteiger partial charge in [0, 0.05) is 12.8 Å². The molecule has 0 aromatic carbocycles. The quantitative estimate of drug-likeness (QED) is 0.494. The molecule has 0 rings (SSSR count). The van der Waals surface area contributed by atoms with Crippen LogP contribution in [0.4, 0.5) is 0 Å². The van der Waals surface area contributed by atoms with Crippen LogP contribution >= 0.6 is 0 Å². The number of allylic oxidation sites excluding steroid dienone is 3. The molecule has 0 radical (unpaired) electrons. The van der Waals surface area contributed by atoms with Gasteiger partial charge in [0.25, 0.3) is 0 Å². The van der Waals surface area contributed by atoms with Crippen LogP contribution in [0.25, 0.3) is 0 Å². The summed E-state index contributed by atoms with van der Waals surface area (Å²) < 4.78 is 0. The monoisotopic (exact) mass is 180 g/mol. The van der Waals surface area contributed by atoms with Gasteiger partial charge in [0.05, 0.1) is 6.54 Å². The molecule has 0 spiro atoms. The van der Waals surface area contributed by atoms with Crippen molar-refractivity contribution in [2.45, 2.75) is 20.3 Å². The maximum Gasteiger partial charge on any atom is 0.0508 e. The Bertz CT molecular complexity index is 192. The Morgan fingerprint density at radius 1 is 1.62 bits per heavy atom. The molecule has 0 aromatic rings. The van der Waals surface area contributed by atoms with Crippen LogP contribution in [0.5, 0.6) is 0 Å². The van der Waals surface area contributed by atoms with Crippen molar-refractivity contribution in [3.8, 4) is 0 Å². The van der Waals surface area contributed by atoms with E-state index >= 15 is 0 Å². The minimum Gasteiger partial charge on any atom is -0.329 e. The Hall–Kier alpha value is -0.890. The minimum atomic E-state index is 0.454. The Morgan fingerprint density at radius 2 is 2.31 bits per heavy atom. The number of hydrogen-bond donors (Lipinski definition) is 1. The third-order valence-corrected chi connectivity index (χ3v) is 1.60. The van der Waals surface area contributed by atoms with E-state index in [0.717, 1.165) is 18.5 Å². The normalized spacial score (nSPS) is 14.1. The second-order valence-electron chi connectivity index (χ2n) is 3.18. The van der Waals surface area contributed by atoms with Crippen LogP contribution in [0.3, 0.4) is 0 Å². The van der Waals surface area contributed by atoms with E-state index in [1.54, 1.807) is 0 Å². The van der Waals surface area contributed by atoms with Crippen LogP contribution in [0.15, 0.2) is 29.3 Å². The Morgan fingerprint density at radius 3 is 2.85 bits per heavy atom. The van der Waals surface area contributed by atoms with Gasteiger partial charge in [0.15, 0.2) is 0 Å². The van der Waals surface area contributed by atoms with Gasteiger partial charge in [-0.2, -0.15) is 0 Å². The van der Waals surface area contributed by atoms with Crippen LogP contribution in [-0.2, 0) is 0 Å². The SMILES string of the molecule is C=C(/C=C\C)CC(C)C=NCCN. The second kappa shape index (κ2) is 7.74. The molecule has 0 aliphatic carbocycles. The summed E-state index contributed by atoms with van der Waals surface area (Å²) in [6.45, 7) is 9.42. The van der Waals surface area contributed by atoms with Gasteiger partial charge in [-0.3, -0.25) is 4.99 Å². The van der Waals surface area contributed by atoms with Crippen molar-refractivity contribution in [1.29, 1.82) is 0 Å². The van der Waals surface area contributed by atoms with E-state index in [1.807, 2.05) is 25.3 Å². The van der Waals surface area contributed by atoms with Crippen molar-refractivity contribution in [3.05, 3.63) is 24.3 Å². The standard InChI is InChI=1S/C11H20N2/c1-4-5-10(2)8-11(3)9-13-7-6-12/h4-5,9,11H,2,6-8,12H2,1,3H3/b5-4-,13-9?. The van der Waals surface area contributed by atoms with Gasteiger partial charge >= 0.3 is 0 Å². The van der Waals surface area contributed by atoms with Crippen LogP contribution in [0.2, 0.25) is 0 Å². The Balaban J connectivity index is 3.73. The van der Waals surface area contributed by atoms with E-state index in [1.165, 1.54) is 0 Å². The molecule has 0 bridgehead atoms. The highest BCUT2D eigenvalue weighted by Crippen LogP contribution is 2.08. The molecular weight excluding hydrogens is 160 g/mol. The van der Waals surface area contributed by atoms with Crippen molar-refractivity contribution < 1.29 is 0 Å². The van der Waals surface area contributed by atoms with Gasteiger partial charge in [-0.05, 0) is 19.3 Å². The first kappa shape index (κ1) is 12.1. The number of nitrogens with two attached hydrogens (primary N) is 1. The molecule has 0 saturated heterocycles. The van der Waals surface area contributed by atoms with Crippen molar-refractivity contribution in [2.75, 3.05) is 13.1 Å². The largest absolute Gasteiger partial charge is 0.329 e. The number of rotatable bonds is 6. The van der Waals surface area contributed by atoms with E-state index in [-0.39, 0.29) is 0 Å². The van der Waals surface area contributed by atoms with Crippen molar-refractivity contribution in [3.63, 3.8) is 0 Å². The molecule has 0 fully saturated rings. The fourth-order valence-corrected chi connectivity index (χ4v) is 1.10. The molecule has 1 unspecified atom stereocenters. The van der Waals surface area contributed by atoms with Crippen LogP contribution in [-0.4, -0.2) is 19.3 Å². The first-order chi connectivity index (χ1) is 6.20. The van der Waals surface area contributed by atoms with Gasteiger partial charge in [0.1, 0.15) is 0 Å². The van der Waals surface area contributed by atoms with Gasteiger partial charge in [-0.25, -0.2) is 0 Å². The fraction of sp³-hybridized carbons (Fsp3) is 0.545. The lowest BCUT2D eigenvalue weighted by molar-refractivity contribution is 0.781. The highest BCUT2D eigenvalue weighted by atomic mass is 14.7. The van der Waals surface area contributed by atoms with Crippen molar-refractivity contribution in [2.24, 2.45) is 16.6 Å². The zero-order valence-corrected chi connectivity index (χ0v) is 8.66. The predicted octanol–water partition coefficient (Wildman–Crippen LogP) is 2.17. The van der Waals surface area contributed by atoms with E-state index < -0.39 is 0 Å². The van der Waals surface area contributed by atoms with Crippen LogP contribution in [0.1, 0.15) is 20.3 Å². The van der Waals surface area contributed by atoms with Crippen molar-refractivity contribution in [1.82, 2.24) is 0 Å². The molecule has 74 valence electrons. The maximum atomic E-state index is 5.32. The van der Waals surface area contributed by atoms with Gasteiger partial charge < -0.3 is 5.73 Å². The van der Waals surface area contributed by atoms with E-state index in [9.17, 15) is 0 Å². The van der Waals surface area contributed by atoms with E-state index in [4.69, 9.17) is 5.73 Å². The molecule has 0 amide bonds. The third kappa shape index (κ3) is 7.47. The number of aliphatic imine (C=N–C) groups is 1. The lowest BCUT2D eigenvalue weighted by Gasteiger charge is -2.04. The highest BCUT2D eigenvalue weighted by Gasteiger charge is 1.97. The van der Waals surface area contributed by atoms with Crippen molar-refractivity contribution >= 4 is 6.21 Å². The zero-order valence-electron chi connectivity index (χ0n) is 8.66. The Kier molecular flexibility index (Phi) is 7.21. The zero-order chi connectivity index (χ0) is 10.1. The molecule has 2 N–H and O–H groups in total.